The molecule has 1 heterocycles. The summed E-state index contributed by atoms with van der Waals surface area (Å²) in [5.41, 5.74) is 2.96. The highest BCUT2D eigenvalue weighted by molar-refractivity contribution is 8.00. The molecule has 1 aromatic heterocycles. The van der Waals surface area contributed by atoms with Crippen molar-refractivity contribution in [2.45, 2.75) is 25.1 Å². The lowest BCUT2D eigenvalue weighted by molar-refractivity contribution is -0.119. The van der Waals surface area contributed by atoms with Crippen molar-refractivity contribution < 1.29 is 4.79 Å². The summed E-state index contributed by atoms with van der Waals surface area (Å²) in [5, 5.41) is 3.79. The van der Waals surface area contributed by atoms with Gasteiger partial charge < -0.3 is 10.3 Å². The molecule has 1 amide bonds. The van der Waals surface area contributed by atoms with Crippen LogP contribution >= 0.6 is 23.4 Å². The number of halogens is 1. The van der Waals surface area contributed by atoms with Crippen LogP contribution in [0.2, 0.25) is 5.02 Å². The number of fused-ring (bicyclic) bond motifs is 1. The number of nitrogens with one attached hydrogen (secondary N) is 2. The van der Waals surface area contributed by atoms with E-state index in [0.29, 0.717) is 10.8 Å². The number of para-hydroxylation sites is 2. The fraction of sp³-hybridized carbons (Fsp3) is 0.263. The Morgan fingerprint density at radius 3 is 2.80 bits per heavy atom. The third-order valence-corrected chi connectivity index (χ3v) is 5.37. The molecule has 0 fully saturated rings. The number of aromatic nitrogens is 2. The summed E-state index contributed by atoms with van der Waals surface area (Å²) in [6.07, 6.45) is 0. The average Bonchev–Trinajstić information content (AvgIpc) is 3.04. The molecule has 2 aromatic carbocycles. The second-order valence-corrected chi connectivity index (χ2v) is 7.70. The zero-order valence-electron chi connectivity index (χ0n) is 14.1. The molecule has 3 rings (SSSR count). The Morgan fingerprint density at radius 1 is 1.24 bits per heavy atom. The fourth-order valence-corrected chi connectivity index (χ4v) is 3.54. The number of nitrogens with zero attached hydrogens (tertiary/aromatic N) is 1. The van der Waals surface area contributed by atoms with Crippen molar-refractivity contribution in [3.8, 4) is 0 Å². The van der Waals surface area contributed by atoms with Crippen molar-refractivity contribution in [2.24, 2.45) is 0 Å². The van der Waals surface area contributed by atoms with Crippen LogP contribution in [0, 0.1) is 0 Å². The number of benzene rings is 2. The molecule has 0 bridgehead atoms. The first kappa shape index (κ1) is 17.8. The van der Waals surface area contributed by atoms with Gasteiger partial charge in [0.05, 0.1) is 28.1 Å². The highest BCUT2D eigenvalue weighted by Crippen LogP contribution is 2.27. The minimum atomic E-state index is -0.0756. The van der Waals surface area contributed by atoms with Crippen molar-refractivity contribution in [2.75, 3.05) is 5.75 Å². The second kappa shape index (κ2) is 7.93. The van der Waals surface area contributed by atoms with Gasteiger partial charge in [0, 0.05) is 5.02 Å². The Kier molecular flexibility index (Phi) is 5.66. The van der Waals surface area contributed by atoms with Gasteiger partial charge in [-0.1, -0.05) is 35.9 Å². The van der Waals surface area contributed by atoms with Crippen molar-refractivity contribution in [3.05, 3.63) is 64.9 Å². The molecular formula is C19H20ClN3OS. The molecule has 0 aliphatic rings. The number of carbonyl (C=O) groups excluding carboxylic acids is 1. The van der Waals surface area contributed by atoms with E-state index in [1.54, 1.807) is 11.8 Å². The van der Waals surface area contributed by atoms with Crippen LogP contribution in [-0.2, 0) is 4.79 Å². The molecule has 0 unspecified atom stereocenters. The zero-order chi connectivity index (χ0) is 17.8. The molecule has 0 aliphatic heterocycles. The molecule has 0 radical (unpaired) electrons. The highest BCUT2D eigenvalue weighted by Gasteiger charge is 2.15. The van der Waals surface area contributed by atoms with Crippen LogP contribution in [0.3, 0.4) is 0 Å². The molecule has 0 saturated heterocycles. The second-order valence-electron chi connectivity index (χ2n) is 5.94. The maximum Gasteiger partial charge on any atom is 0.230 e. The van der Waals surface area contributed by atoms with Crippen molar-refractivity contribution in [1.82, 2.24) is 15.3 Å². The standard InChI is InChI=1S/C19H20ClN3OS/c1-12(14-6-5-7-15(20)10-14)21-18(24)11-25-13(2)19-22-16-8-3-4-9-17(16)23-19/h3-10,12-13H,11H2,1-2H3,(H,21,24)(H,22,23)/t12-,13+/m1/s1. The number of amides is 1. The maximum atomic E-state index is 12.2. The topological polar surface area (TPSA) is 57.8 Å². The summed E-state index contributed by atoms with van der Waals surface area (Å²) in [7, 11) is 0. The number of carbonyl (C=O) groups is 1. The van der Waals surface area contributed by atoms with Crippen LogP contribution < -0.4 is 5.32 Å². The summed E-state index contributed by atoms with van der Waals surface area (Å²) in [6, 6.07) is 15.4. The maximum absolute atomic E-state index is 12.2. The van der Waals surface area contributed by atoms with Gasteiger partial charge >= 0.3 is 0 Å². The first-order valence-electron chi connectivity index (χ1n) is 8.14. The molecule has 0 spiro atoms. The number of aromatic amines is 1. The fourth-order valence-electron chi connectivity index (χ4n) is 2.59. The third-order valence-electron chi connectivity index (χ3n) is 3.98. The van der Waals surface area contributed by atoms with Gasteiger partial charge in [-0.2, -0.15) is 0 Å². The normalized spacial score (nSPS) is 13.6. The molecule has 25 heavy (non-hydrogen) atoms. The molecule has 2 N–H and O–H groups in total. The Bertz CT molecular complexity index is 847. The summed E-state index contributed by atoms with van der Waals surface area (Å²) >= 11 is 7.56. The van der Waals surface area contributed by atoms with Gasteiger partial charge in [0.15, 0.2) is 0 Å². The monoisotopic (exact) mass is 373 g/mol. The van der Waals surface area contributed by atoms with Crippen LogP contribution in [0.4, 0.5) is 0 Å². The van der Waals surface area contributed by atoms with Gasteiger partial charge in [-0.25, -0.2) is 4.98 Å². The van der Waals surface area contributed by atoms with Gasteiger partial charge in [-0.3, -0.25) is 4.79 Å². The van der Waals surface area contributed by atoms with Crippen LogP contribution in [0.15, 0.2) is 48.5 Å². The van der Waals surface area contributed by atoms with E-state index in [-0.39, 0.29) is 17.2 Å². The summed E-state index contributed by atoms with van der Waals surface area (Å²) in [4.78, 5) is 20.1. The molecule has 130 valence electrons. The molecule has 3 aromatic rings. The number of thioether (sulfide) groups is 1. The summed E-state index contributed by atoms with van der Waals surface area (Å²) < 4.78 is 0. The lowest BCUT2D eigenvalue weighted by Gasteiger charge is -2.15. The van der Waals surface area contributed by atoms with E-state index in [0.717, 1.165) is 22.4 Å². The van der Waals surface area contributed by atoms with Crippen LogP contribution in [0.25, 0.3) is 11.0 Å². The summed E-state index contributed by atoms with van der Waals surface area (Å²) in [6.45, 7) is 4.01. The minimum absolute atomic E-state index is 0.000404. The molecular weight excluding hydrogens is 354 g/mol. The largest absolute Gasteiger partial charge is 0.349 e. The van der Waals surface area contributed by atoms with Crippen molar-refractivity contribution in [3.63, 3.8) is 0 Å². The number of imidazole rings is 1. The lowest BCUT2D eigenvalue weighted by atomic mass is 10.1. The molecule has 4 nitrogen and oxygen atoms in total. The quantitative estimate of drug-likeness (QED) is 0.646. The third kappa shape index (κ3) is 4.55. The number of H-pyrrole nitrogens is 1. The van der Waals surface area contributed by atoms with Crippen LogP contribution in [-0.4, -0.2) is 21.6 Å². The Morgan fingerprint density at radius 2 is 2.04 bits per heavy atom. The Balaban J connectivity index is 1.54. The van der Waals surface area contributed by atoms with Gasteiger partial charge in [0.2, 0.25) is 5.91 Å². The van der Waals surface area contributed by atoms with Crippen LogP contribution in [0.5, 0.6) is 0 Å². The van der Waals surface area contributed by atoms with Crippen LogP contribution in [0.1, 0.15) is 36.5 Å². The van der Waals surface area contributed by atoms with E-state index in [1.807, 2.05) is 55.5 Å². The average molecular weight is 374 g/mol. The zero-order valence-corrected chi connectivity index (χ0v) is 15.7. The predicted octanol–water partition coefficient (Wildman–Crippen LogP) is 4.89. The van der Waals surface area contributed by atoms with E-state index < -0.39 is 0 Å². The molecule has 6 heteroatoms. The molecule has 2 atom stereocenters. The molecule has 0 saturated carbocycles. The van der Waals surface area contributed by atoms with E-state index in [4.69, 9.17) is 11.6 Å². The highest BCUT2D eigenvalue weighted by atomic mass is 35.5. The van der Waals surface area contributed by atoms with Gasteiger partial charge in [0.25, 0.3) is 0 Å². The van der Waals surface area contributed by atoms with E-state index in [9.17, 15) is 4.79 Å². The predicted molar refractivity (Wildman–Crippen MR) is 105 cm³/mol. The first-order valence-corrected chi connectivity index (χ1v) is 9.56. The Labute approximate surface area is 156 Å². The number of hydrogen-bond acceptors (Lipinski definition) is 3. The van der Waals surface area contributed by atoms with E-state index in [1.165, 1.54) is 0 Å². The summed E-state index contributed by atoms with van der Waals surface area (Å²) in [5.74, 6) is 1.27. The SMILES string of the molecule is C[C@H](SCC(=O)N[C@H](C)c1cccc(Cl)c1)c1nc2ccccc2[nH]1. The number of rotatable bonds is 6. The van der Waals surface area contributed by atoms with Crippen molar-refractivity contribution >= 4 is 40.3 Å². The van der Waals surface area contributed by atoms with Gasteiger partial charge in [-0.05, 0) is 43.7 Å². The minimum Gasteiger partial charge on any atom is -0.349 e. The first-order chi connectivity index (χ1) is 12.0. The van der Waals surface area contributed by atoms with Gasteiger partial charge in [0.1, 0.15) is 5.82 Å². The molecule has 0 aliphatic carbocycles. The Hall–Kier alpha value is -1.98. The lowest BCUT2D eigenvalue weighted by Crippen LogP contribution is -2.28. The van der Waals surface area contributed by atoms with E-state index >= 15 is 0 Å². The smallest absolute Gasteiger partial charge is 0.230 e. The van der Waals surface area contributed by atoms with E-state index in [2.05, 4.69) is 22.2 Å². The number of hydrogen-bond donors (Lipinski definition) is 2. The van der Waals surface area contributed by atoms with Crippen molar-refractivity contribution in [1.29, 1.82) is 0 Å². The van der Waals surface area contributed by atoms with Gasteiger partial charge in [-0.15, -0.1) is 11.8 Å².